The van der Waals surface area contributed by atoms with Crippen LogP contribution in [0.5, 0.6) is 0 Å². The minimum atomic E-state index is -0.551. The normalized spacial score (nSPS) is 17.0. The smallest absolute Gasteiger partial charge is 0.263 e. The van der Waals surface area contributed by atoms with Gasteiger partial charge in [0.25, 0.3) is 5.91 Å². The molecule has 0 saturated heterocycles. The molecule has 114 valence electrons. The van der Waals surface area contributed by atoms with E-state index in [4.69, 9.17) is 0 Å². The Morgan fingerprint density at radius 3 is 2.95 bits per heavy atom. The van der Waals surface area contributed by atoms with Crippen molar-refractivity contribution in [2.75, 3.05) is 5.32 Å². The molecule has 2 N–H and O–H groups in total. The molecule has 1 atom stereocenters. The van der Waals surface area contributed by atoms with Crippen molar-refractivity contribution < 1.29 is 9.59 Å². The van der Waals surface area contributed by atoms with Crippen molar-refractivity contribution in [2.45, 2.75) is 32.2 Å². The van der Waals surface area contributed by atoms with Crippen molar-refractivity contribution in [3.05, 3.63) is 45.9 Å². The molecule has 2 aromatic rings. The SMILES string of the molecule is CC(C)c1ncsc1C(=O)NC1Cc2ccccc2NC1=O. The Balaban J connectivity index is 1.77. The van der Waals surface area contributed by atoms with E-state index in [0.29, 0.717) is 11.3 Å². The van der Waals surface area contributed by atoms with Gasteiger partial charge in [0.15, 0.2) is 0 Å². The Morgan fingerprint density at radius 1 is 1.41 bits per heavy atom. The number of nitrogens with one attached hydrogen (secondary N) is 2. The summed E-state index contributed by atoms with van der Waals surface area (Å²) in [4.78, 5) is 29.4. The van der Waals surface area contributed by atoms with Crippen molar-refractivity contribution in [3.63, 3.8) is 0 Å². The number of para-hydroxylation sites is 1. The fourth-order valence-corrected chi connectivity index (χ4v) is 3.38. The minimum Gasteiger partial charge on any atom is -0.339 e. The van der Waals surface area contributed by atoms with Crippen LogP contribution in [0.4, 0.5) is 5.69 Å². The van der Waals surface area contributed by atoms with Crippen molar-refractivity contribution in [1.29, 1.82) is 0 Å². The topological polar surface area (TPSA) is 71.1 Å². The summed E-state index contributed by atoms with van der Waals surface area (Å²) in [5.74, 6) is -0.235. The van der Waals surface area contributed by atoms with Crippen LogP contribution in [-0.2, 0) is 11.2 Å². The molecule has 6 heteroatoms. The number of aromatic nitrogens is 1. The Morgan fingerprint density at radius 2 is 2.18 bits per heavy atom. The maximum atomic E-state index is 12.4. The zero-order chi connectivity index (χ0) is 15.7. The molecule has 3 rings (SSSR count). The Labute approximate surface area is 132 Å². The summed E-state index contributed by atoms with van der Waals surface area (Å²) < 4.78 is 0. The predicted octanol–water partition coefficient (Wildman–Crippen LogP) is 2.56. The van der Waals surface area contributed by atoms with Gasteiger partial charge in [-0.3, -0.25) is 9.59 Å². The van der Waals surface area contributed by atoms with E-state index in [2.05, 4.69) is 15.6 Å². The highest BCUT2D eigenvalue weighted by molar-refractivity contribution is 7.11. The molecule has 22 heavy (non-hydrogen) atoms. The average Bonchev–Trinajstić information content (AvgIpc) is 2.97. The maximum Gasteiger partial charge on any atom is 0.263 e. The number of amides is 2. The number of nitrogens with zero attached hydrogens (tertiary/aromatic N) is 1. The van der Waals surface area contributed by atoms with E-state index in [1.807, 2.05) is 38.1 Å². The minimum absolute atomic E-state index is 0.174. The van der Waals surface area contributed by atoms with Crippen LogP contribution in [0, 0.1) is 0 Å². The molecule has 0 bridgehead atoms. The number of anilines is 1. The van der Waals surface area contributed by atoms with Gasteiger partial charge in [0, 0.05) is 12.1 Å². The summed E-state index contributed by atoms with van der Waals surface area (Å²) in [5.41, 5.74) is 4.29. The highest BCUT2D eigenvalue weighted by Crippen LogP contribution is 2.24. The molecule has 0 fully saturated rings. The molecule has 0 saturated carbocycles. The second kappa shape index (κ2) is 5.88. The van der Waals surface area contributed by atoms with Gasteiger partial charge in [-0.1, -0.05) is 32.0 Å². The summed E-state index contributed by atoms with van der Waals surface area (Å²) >= 11 is 1.31. The summed E-state index contributed by atoms with van der Waals surface area (Å²) in [6, 6.07) is 7.08. The number of benzene rings is 1. The van der Waals surface area contributed by atoms with E-state index in [9.17, 15) is 9.59 Å². The third-order valence-electron chi connectivity index (χ3n) is 3.67. The third kappa shape index (κ3) is 2.74. The van der Waals surface area contributed by atoms with Gasteiger partial charge in [0.05, 0.1) is 11.2 Å². The Bertz CT molecular complexity index is 724. The van der Waals surface area contributed by atoms with Crippen LogP contribution >= 0.6 is 11.3 Å². The molecule has 2 heterocycles. The van der Waals surface area contributed by atoms with Crippen LogP contribution in [0.25, 0.3) is 0 Å². The van der Waals surface area contributed by atoms with Crippen LogP contribution < -0.4 is 10.6 Å². The van der Waals surface area contributed by atoms with Gasteiger partial charge >= 0.3 is 0 Å². The number of hydrogen-bond acceptors (Lipinski definition) is 4. The molecular formula is C16H17N3O2S. The van der Waals surface area contributed by atoms with Crippen molar-refractivity contribution in [1.82, 2.24) is 10.3 Å². The molecule has 1 aliphatic heterocycles. The number of carbonyl (C=O) groups excluding carboxylic acids is 2. The van der Waals surface area contributed by atoms with Crippen LogP contribution in [-0.4, -0.2) is 22.8 Å². The Kier molecular flexibility index (Phi) is 3.94. The predicted molar refractivity (Wildman–Crippen MR) is 86.2 cm³/mol. The second-order valence-electron chi connectivity index (χ2n) is 5.60. The van der Waals surface area contributed by atoms with Crippen LogP contribution in [0.2, 0.25) is 0 Å². The van der Waals surface area contributed by atoms with Gasteiger partial charge in [-0.25, -0.2) is 4.98 Å². The molecule has 1 aliphatic rings. The van der Waals surface area contributed by atoms with E-state index in [1.165, 1.54) is 11.3 Å². The van der Waals surface area contributed by atoms with Crippen molar-refractivity contribution >= 4 is 28.8 Å². The molecule has 2 amide bonds. The van der Waals surface area contributed by atoms with E-state index in [-0.39, 0.29) is 17.7 Å². The lowest BCUT2D eigenvalue weighted by atomic mass is 9.99. The lowest BCUT2D eigenvalue weighted by Crippen LogP contribution is -2.47. The molecule has 0 radical (unpaired) electrons. The van der Waals surface area contributed by atoms with Gasteiger partial charge in [-0.05, 0) is 17.5 Å². The Hall–Kier alpha value is -2.21. The highest BCUT2D eigenvalue weighted by atomic mass is 32.1. The molecular weight excluding hydrogens is 298 g/mol. The van der Waals surface area contributed by atoms with Crippen molar-refractivity contribution in [3.8, 4) is 0 Å². The van der Waals surface area contributed by atoms with Crippen molar-refractivity contribution in [2.24, 2.45) is 0 Å². The zero-order valence-electron chi connectivity index (χ0n) is 12.4. The summed E-state index contributed by atoms with van der Waals surface area (Å²) in [6.07, 6.45) is 0.504. The number of fused-ring (bicyclic) bond motifs is 1. The summed E-state index contributed by atoms with van der Waals surface area (Å²) in [6.45, 7) is 3.99. The lowest BCUT2D eigenvalue weighted by Gasteiger charge is -2.25. The quantitative estimate of drug-likeness (QED) is 0.914. The first kappa shape index (κ1) is 14.7. The molecule has 1 aromatic heterocycles. The van der Waals surface area contributed by atoms with Gasteiger partial charge < -0.3 is 10.6 Å². The standard InChI is InChI=1S/C16H17N3O2S/c1-9(2)13-14(22-8-17-13)16(21)19-12-7-10-5-3-4-6-11(10)18-15(12)20/h3-6,8-9,12H,7H2,1-2H3,(H,18,20)(H,19,21). The summed E-state index contributed by atoms with van der Waals surface area (Å²) in [7, 11) is 0. The first-order valence-corrected chi connectivity index (χ1v) is 8.07. The van der Waals surface area contributed by atoms with E-state index < -0.39 is 6.04 Å². The van der Waals surface area contributed by atoms with E-state index in [1.54, 1.807) is 5.51 Å². The molecule has 1 aromatic carbocycles. The molecule has 0 aliphatic carbocycles. The maximum absolute atomic E-state index is 12.4. The lowest BCUT2D eigenvalue weighted by molar-refractivity contribution is -0.118. The van der Waals surface area contributed by atoms with Gasteiger partial charge in [0.1, 0.15) is 10.9 Å². The first-order valence-electron chi connectivity index (χ1n) is 7.19. The molecule has 5 nitrogen and oxygen atoms in total. The number of thiazole rings is 1. The van der Waals surface area contributed by atoms with Gasteiger partial charge in [-0.15, -0.1) is 11.3 Å². The van der Waals surface area contributed by atoms with Crippen LogP contribution in [0.1, 0.15) is 40.7 Å². The zero-order valence-corrected chi connectivity index (χ0v) is 13.2. The highest BCUT2D eigenvalue weighted by Gasteiger charge is 2.29. The second-order valence-corrected chi connectivity index (χ2v) is 6.45. The largest absolute Gasteiger partial charge is 0.339 e. The van der Waals surface area contributed by atoms with Gasteiger partial charge in [-0.2, -0.15) is 0 Å². The van der Waals surface area contributed by atoms with E-state index in [0.717, 1.165) is 16.9 Å². The molecule has 0 spiro atoms. The monoisotopic (exact) mass is 315 g/mol. The van der Waals surface area contributed by atoms with Gasteiger partial charge in [0.2, 0.25) is 5.91 Å². The van der Waals surface area contributed by atoms with E-state index >= 15 is 0 Å². The third-order valence-corrected chi connectivity index (χ3v) is 4.51. The molecule has 1 unspecified atom stereocenters. The number of carbonyl (C=O) groups is 2. The van der Waals surface area contributed by atoms with Crippen LogP contribution in [0.3, 0.4) is 0 Å². The fraction of sp³-hybridized carbons (Fsp3) is 0.312. The number of hydrogen-bond donors (Lipinski definition) is 2. The first-order chi connectivity index (χ1) is 10.6. The number of rotatable bonds is 3. The van der Waals surface area contributed by atoms with Crippen LogP contribution in [0.15, 0.2) is 29.8 Å². The average molecular weight is 315 g/mol. The summed E-state index contributed by atoms with van der Waals surface area (Å²) in [5, 5.41) is 5.66. The fourth-order valence-electron chi connectivity index (χ4n) is 2.53.